The van der Waals surface area contributed by atoms with Gasteiger partial charge in [0.25, 0.3) is 0 Å². The molecule has 0 radical (unpaired) electrons. The fraction of sp³-hybridized carbons (Fsp3) is 0.214. The number of nitrogens with zero attached hydrogens (tertiary/aromatic N) is 1. The molecular formula is C14H14BrNO3. The van der Waals surface area contributed by atoms with Crippen molar-refractivity contribution in [2.45, 2.75) is 13.5 Å². The van der Waals surface area contributed by atoms with E-state index in [0.29, 0.717) is 6.54 Å². The first-order valence-corrected chi connectivity index (χ1v) is 6.56. The third kappa shape index (κ3) is 3.17. The maximum atomic E-state index is 10.9. The lowest BCUT2D eigenvalue weighted by atomic mass is 10.2. The van der Waals surface area contributed by atoms with Crippen molar-refractivity contribution in [3.8, 4) is 0 Å². The van der Waals surface area contributed by atoms with Gasteiger partial charge in [0.15, 0.2) is 0 Å². The van der Waals surface area contributed by atoms with Crippen molar-refractivity contribution >= 4 is 27.6 Å². The number of carbonyl (C=O) groups is 1. The van der Waals surface area contributed by atoms with E-state index >= 15 is 0 Å². The maximum Gasteiger partial charge on any atom is 0.335 e. The Hall–Kier alpha value is -1.75. The molecule has 4 nitrogen and oxygen atoms in total. The predicted molar refractivity (Wildman–Crippen MR) is 76.7 cm³/mol. The summed E-state index contributed by atoms with van der Waals surface area (Å²) in [5, 5.41) is 8.93. The summed E-state index contributed by atoms with van der Waals surface area (Å²) in [5.74, 6) is 0.814. The Morgan fingerprint density at radius 2 is 2.11 bits per heavy atom. The summed E-state index contributed by atoms with van der Waals surface area (Å²) in [6, 6.07) is 8.83. The first-order chi connectivity index (χ1) is 8.97. The number of aryl methyl sites for hydroxylation is 1. The van der Waals surface area contributed by atoms with Crippen LogP contribution in [-0.4, -0.2) is 18.1 Å². The standard InChI is InChI=1S/C14H14BrNO3/c1-9-3-5-11(19-9)8-16(2)13-6-4-10(14(17)18)7-12(13)15/h3-7H,8H2,1-2H3,(H,17,18). The molecule has 0 saturated heterocycles. The number of anilines is 1. The number of aromatic carboxylic acids is 1. The van der Waals surface area contributed by atoms with Gasteiger partial charge in [0.2, 0.25) is 0 Å². The number of carboxylic acid groups (broad SMARTS) is 1. The molecule has 0 aliphatic carbocycles. The smallest absolute Gasteiger partial charge is 0.335 e. The third-order valence-corrected chi connectivity index (χ3v) is 3.43. The topological polar surface area (TPSA) is 53.7 Å². The van der Waals surface area contributed by atoms with Crippen molar-refractivity contribution in [3.63, 3.8) is 0 Å². The molecule has 5 heteroatoms. The van der Waals surface area contributed by atoms with Crippen LogP contribution in [0.15, 0.2) is 39.2 Å². The number of furan rings is 1. The number of carboxylic acids is 1. The fourth-order valence-corrected chi connectivity index (χ4v) is 2.52. The second kappa shape index (κ2) is 5.48. The summed E-state index contributed by atoms with van der Waals surface area (Å²) < 4.78 is 6.27. The Morgan fingerprint density at radius 1 is 1.37 bits per heavy atom. The molecular weight excluding hydrogens is 310 g/mol. The van der Waals surface area contributed by atoms with Crippen LogP contribution in [0.5, 0.6) is 0 Å². The molecule has 2 aromatic rings. The summed E-state index contributed by atoms with van der Waals surface area (Å²) in [6.07, 6.45) is 0. The minimum atomic E-state index is -0.934. The highest BCUT2D eigenvalue weighted by molar-refractivity contribution is 9.10. The van der Waals surface area contributed by atoms with Gasteiger partial charge in [-0.25, -0.2) is 4.79 Å². The van der Waals surface area contributed by atoms with Crippen LogP contribution in [0.1, 0.15) is 21.9 Å². The van der Waals surface area contributed by atoms with Gasteiger partial charge < -0.3 is 14.4 Å². The summed E-state index contributed by atoms with van der Waals surface area (Å²) in [7, 11) is 1.93. The highest BCUT2D eigenvalue weighted by Crippen LogP contribution is 2.28. The molecule has 0 fully saturated rings. The van der Waals surface area contributed by atoms with Crippen LogP contribution in [0.3, 0.4) is 0 Å². The van der Waals surface area contributed by atoms with Crippen LogP contribution >= 0.6 is 15.9 Å². The van der Waals surface area contributed by atoms with Crippen LogP contribution in [0.2, 0.25) is 0 Å². The lowest BCUT2D eigenvalue weighted by Gasteiger charge is -2.19. The van der Waals surface area contributed by atoms with Gasteiger partial charge in [0, 0.05) is 11.5 Å². The molecule has 0 aliphatic heterocycles. The van der Waals surface area contributed by atoms with Crippen LogP contribution in [-0.2, 0) is 6.54 Å². The Balaban J connectivity index is 2.19. The molecule has 1 aromatic heterocycles. The second-order valence-corrected chi connectivity index (χ2v) is 5.19. The highest BCUT2D eigenvalue weighted by Gasteiger charge is 2.11. The lowest BCUT2D eigenvalue weighted by Crippen LogP contribution is -2.16. The van der Waals surface area contributed by atoms with E-state index in [0.717, 1.165) is 21.7 Å². The van der Waals surface area contributed by atoms with Gasteiger partial charge in [-0.2, -0.15) is 0 Å². The van der Waals surface area contributed by atoms with Gasteiger partial charge in [0.05, 0.1) is 17.8 Å². The zero-order valence-corrected chi connectivity index (χ0v) is 12.3. The lowest BCUT2D eigenvalue weighted by molar-refractivity contribution is 0.0697. The van der Waals surface area contributed by atoms with Crippen LogP contribution in [0.25, 0.3) is 0 Å². The predicted octanol–water partition coefficient (Wildman–Crippen LogP) is 3.69. The molecule has 0 spiro atoms. The van der Waals surface area contributed by atoms with Crippen molar-refractivity contribution < 1.29 is 14.3 Å². The average Bonchev–Trinajstić information content (AvgIpc) is 2.74. The molecule has 2 rings (SSSR count). The average molecular weight is 324 g/mol. The van der Waals surface area contributed by atoms with E-state index in [1.54, 1.807) is 18.2 Å². The maximum absolute atomic E-state index is 10.9. The molecule has 0 unspecified atom stereocenters. The van der Waals surface area contributed by atoms with E-state index in [-0.39, 0.29) is 5.56 Å². The molecule has 1 heterocycles. The van der Waals surface area contributed by atoms with Gasteiger partial charge in [-0.1, -0.05) is 0 Å². The molecule has 19 heavy (non-hydrogen) atoms. The van der Waals surface area contributed by atoms with Crippen LogP contribution in [0, 0.1) is 6.92 Å². The molecule has 0 bridgehead atoms. The SMILES string of the molecule is Cc1ccc(CN(C)c2ccc(C(=O)O)cc2Br)o1. The van der Waals surface area contributed by atoms with Crippen molar-refractivity contribution in [2.75, 3.05) is 11.9 Å². The molecule has 100 valence electrons. The Kier molecular flexibility index (Phi) is 3.95. The zero-order valence-electron chi connectivity index (χ0n) is 10.7. The Morgan fingerprint density at radius 3 is 2.63 bits per heavy atom. The van der Waals surface area contributed by atoms with Gasteiger partial charge in [-0.05, 0) is 53.2 Å². The van der Waals surface area contributed by atoms with Gasteiger partial charge in [-0.15, -0.1) is 0 Å². The van der Waals surface area contributed by atoms with Gasteiger partial charge in [0.1, 0.15) is 11.5 Å². The van der Waals surface area contributed by atoms with E-state index in [1.165, 1.54) is 0 Å². The molecule has 1 aromatic carbocycles. The first-order valence-electron chi connectivity index (χ1n) is 5.76. The number of hydrogen-bond acceptors (Lipinski definition) is 3. The third-order valence-electron chi connectivity index (χ3n) is 2.79. The molecule has 1 N–H and O–H groups in total. The Bertz CT molecular complexity index is 606. The quantitative estimate of drug-likeness (QED) is 0.932. The van der Waals surface area contributed by atoms with Crippen molar-refractivity contribution in [1.29, 1.82) is 0 Å². The van der Waals surface area contributed by atoms with E-state index in [9.17, 15) is 4.79 Å². The molecule has 0 atom stereocenters. The van der Waals surface area contributed by atoms with Crippen molar-refractivity contribution in [2.24, 2.45) is 0 Å². The number of benzene rings is 1. The van der Waals surface area contributed by atoms with E-state index in [1.807, 2.05) is 31.0 Å². The number of rotatable bonds is 4. The largest absolute Gasteiger partial charge is 0.478 e. The zero-order chi connectivity index (χ0) is 14.0. The minimum absolute atomic E-state index is 0.262. The van der Waals surface area contributed by atoms with E-state index in [4.69, 9.17) is 9.52 Å². The molecule has 0 saturated carbocycles. The second-order valence-electron chi connectivity index (χ2n) is 4.34. The van der Waals surface area contributed by atoms with Gasteiger partial charge >= 0.3 is 5.97 Å². The normalized spacial score (nSPS) is 10.5. The Labute approximate surface area is 119 Å². The molecule has 0 aliphatic rings. The number of halogens is 1. The van der Waals surface area contributed by atoms with E-state index < -0.39 is 5.97 Å². The van der Waals surface area contributed by atoms with Crippen molar-refractivity contribution in [1.82, 2.24) is 0 Å². The summed E-state index contributed by atoms with van der Waals surface area (Å²) in [6.45, 7) is 2.53. The van der Waals surface area contributed by atoms with Crippen LogP contribution in [0.4, 0.5) is 5.69 Å². The first kappa shape index (κ1) is 13.7. The summed E-state index contributed by atoms with van der Waals surface area (Å²) in [4.78, 5) is 12.9. The highest BCUT2D eigenvalue weighted by atomic mass is 79.9. The van der Waals surface area contributed by atoms with E-state index in [2.05, 4.69) is 15.9 Å². The minimum Gasteiger partial charge on any atom is -0.478 e. The summed E-state index contributed by atoms with van der Waals surface area (Å²) >= 11 is 3.40. The summed E-state index contributed by atoms with van der Waals surface area (Å²) in [5.41, 5.74) is 1.18. The monoisotopic (exact) mass is 323 g/mol. The fourth-order valence-electron chi connectivity index (χ4n) is 1.84. The van der Waals surface area contributed by atoms with Crippen LogP contribution < -0.4 is 4.90 Å². The number of hydrogen-bond donors (Lipinski definition) is 1. The van der Waals surface area contributed by atoms with Crippen molar-refractivity contribution in [3.05, 3.63) is 51.9 Å². The van der Waals surface area contributed by atoms with Gasteiger partial charge in [-0.3, -0.25) is 0 Å². The molecule has 0 amide bonds.